The number of benzene rings is 1. The maximum Gasteiger partial charge on any atom is 0.270 e. The molecule has 1 N–H and O–H groups in total. The van der Waals surface area contributed by atoms with Crippen LogP contribution in [-0.2, 0) is 4.79 Å². The molecule has 1 fully saturated rings. The van der Waals surface area contributed by atoms with Crippen LogP contribution in [0.3, 0.4) is 0 Å². The van der Waals surface area contributed by atoms with Gasteiger partial charge in [-0.15, -0.1) is 0 Å². The van der Waals surface area contributed by atoms with Crippen LogP contribution in [0.1, 0.15) is 30.3 Å². The summed E-state index contributed by atoms with van der Waals surface area (Å²) >= 11 is 5.98. The predicted octanol–water partition coefficient (Wildman–Crippen LogP) is 2.90. The average Bonchev–Trinajstić information content (AvgIpc) is 2.96. The number of piperidine rings is 1. The van der Waals surface area contributed by atoms with Crippen LogP contribution in [0.15, 0.2) is 24.3 Å². The van der Waals surface area contributed by atoms with Crippen LogP contribution in [0.2, 0.25) is 5.02 Å². The number of carbonyl (C=O) groups excluding carboxylic acids is 2. The second-order valence-corrected chi connectivity index (χ2v) is 6.50. The number of fused-ring (bicyclic) bond motifs is 1. The van der Waals surface area contributed by atoms with Crippen LogP contribution < -0.4 is 0 Å². The highest BCUT2D eigenvalue weighted by Gasteiger charge is 2.27. The summed E-state index contributed by atoms with van der Waals surface area (Å²) in [6, 6.07) is 7.62. The van der Waals surface area contributed by atoms with E-state index in [0.29, 0.717) is 23.8 Å². The Morgan fingerprint density at radius 2 is 1.96 bits per heavy atom. The smallest absolute Gasteiger partial charge is 0.270 e. The normalized spacial score (nSPS) is 15.9. The van der Waals surface area contributed by atoms with Crippen molar-refractivity contribution in [3.8, 4) is 0 Å². The number of nitrogens with zero attached hydrogens (tertiary/aromatic N) is 2. The van der Waals surface area contributed by atoms with E-state index >= 15 is 0 Å². The van der Waals surface area contributed by atoms with Crippen molar-refractivity contribution in [1.82, 2.24) is 14.8 Å². The molecule has 5 nitrogen and oxygen atoms in total. The van der Waals surface area contributed by atoms with E-state index in [0.717, 1.165) is 23.7 Å². The van der Waals surface area contributed by atoms with Gasteiger partial charge >= 0.3 is 0 Å². The second-order valence-electron chi connectivity index (χ2n) is 6.07. The van der Waals surface area contributed by atoms with Crippen molar-refractivity contribution in [3.63, 3.8) is 0 Å². The molecular formula is C17H20ClN3O2. The first-order valence-corrected chi connectivity index (χ1v) is 8.14. The van der Waals surface area contributed by atoms with Crippen LogP contribution in [0.25, 0.3) is 10.9 Å². The minimum absolute atomic E-state index is 0.00116. The monoisotopic (exact) mass is 333 g/mol. The zero-order valence-corrected chi connectivity index (χ0v) is 14.1. The number of carbonyl (C=O) groups is 2. The van der Waals surface area contributed by atoms with Crippen molar-refractivity contribution < 1.29 is 9.59 Å². The molecule has 0 aliphatic carbocycles. The first kappa shape index (κ1) is 15.9. The van der Waals surface area contributed by atoms with Crippen molar-refractivity contribution in [1.29, 1.82) is 0 Å². The van der Waals surface area contributed by atoms with E-state index in [9.17, 15) is 9.59 Å². The molecule has 1 aromatic carbocycles. The standard InChI is InChI=1S/C17H20ClN3O2/c1-11(22)20(2)14-5-7-21(8-6-14)17(23)16-9-12-3-4-13(18)10-15(12)19-16/h3-4,9-10,14,19H,5-8H2,1-2H3. The second kappa shape index (κ2) is 6.24. The molecule has 0 bridgehead atoms. The van der Waals surface area contributed by atoms with Crippen molar-refractivity contribution in [2.24, 2.45) is 0 Å². The summed E-state index contributed by atoms with van der Waals surface area (Å²) in [5, 5.41) is 1.62. The molecule has 0 atom stereocenters. The summed E-state index contributed by atoms with van der Waals surface area (Å²) in [5.74, 6) is 0.0727. The summed E-state index contributed by atoms with van der Waals surface area (Å²) in [5.41, 5.74) is 1.45. The third-order valence-electron chi connectivity index (χ3n) is 4.61. The Kier molecular flexibility index (Phi) is 4.31. The zero-order chi connectivity index (χ0) is 16.6. The van der Waals surface area contributed by atoms with E-state index < -0.39 is 0 Å². The Morgan fingerprint density at radius 1 is 1.26 bits per heavy atom. The molecule has 0 spiro atoms. The van der Waals surface area contributed by atoms with Gasteiger partial charge in [0.2, 0.25) is 5.91 Å². The maximum absolute atomic E-state index is 12.6. The molecule has 1 aliphatic rings. The fourth-order valence-electron chi connectivity index (χ4n) is 3.10. The van der Waals surface area contributed by atoms with Crippen LogP contribution in [-0.4, -0.2) is 52.8 Å². The lowest BCUT2D eigenvalue weighted by atomic mass is 10.0. The number of halogens is 1. The van der Waals surface area contributed by atoms with Crippen LogP contribution in [0.5, 0.6) is 0 Å². The number of H-pyrrole nitrogens is 1. The lowest BCUT2D eigenvalue weighted by Gasteiger charge is -2.36. The Labute approximate surface area is 140 Å². The lowest BCUT2D eigenvalue weighted by molar-refractivity contribution is -0.130. The van der Waals surface area contributed by atoms with E-state index in [-0.39, 0.29) is 17.9 Å². The Balaban J connectivity index is 1.70. The fourth-order valence-corrected chi connectivity index (χ4v) is 3.27. The molecule has 2 aromatic rings. The minimum atomic E-state index is 0.00116. The number of amides is 2. The summed E-state index contributed by atoms with van der Waals surface area (Å²) in [7, 11) is 1.83. The minimum Gasteiger partial charge on any atom is -0.350 e. The van der Waals surface area contributed by atoms with E-state index in [1.54, 1.807) is 11.8 Å². The number of likely N-dealkylation sites (tertiary alicyclic amines) is 1. The van der Waals surface area contributed by atoms with Gasteiger partial charge in [-0.05, 0) is 31.0 Å². The number of aromatic nitrogens is 1. The summed E-state index contributed by atoms with van der Waals surface area (Å²) in [6.45, 7) is 2.90. The van der Waals surface area contributed by atoms with Gasteiger partial charge in [-0.1, -0.05) is 17.7 Å². The van der Waals surface area contributed by atoms with E-state index in [4.69, 9.17) is 11.6 Å². The summed E-state index contributed by atoms with van der Waals surface area (Å²) in [6.07, 6.45) is 1.63. The van der Waals surface area contributed by atoms with E-state index in [2.05, 4.69) is 4.98 Å². The van der Waals surface area contributed by atoms with Crippen LogP contribution in [0, 0.1) is 0 Å². The molecule has 0 radical (unpaired) electrons. The SMILES string of the molecule is CC(=O)N(C)C1CCN(C(=O)c2cc3ccc(Cl)cc3[nH]2)CC1. The Bertz CT molecular complexity index is 747. The number of aromatic amines is 1. The van der Waals surface area contributed by atoms with Crippen molar-refractivity contribution in [2.75, 3.05) is 20.1 Å². The molecule has 1 saturated heterocycles. The summed E-state index contributed by atoms with van der Waals surface area (Å²) in [4.78, 5) is 30.8. The summed E-state index contributed by atoms with van der Waals surface area (Å²) < 4.78 is 0. The lowest BCUT2D eigenvalue weighted by Crippen LogP contribution is -2.46. The van der Waals surface area contributed by atoms with Crippen LogP contribution >= 0.6 is 11.6 Å². The largest absolute Gasteiger partial charge is 0.350 e. The Morgan fingerprint density at radius 3 is 2.61 bits per heavy atom. The van der Waals surface area contributed by atoms with Crippen molar-refractivity contribution in [2.45, 2.75) is 25.8 Å². The van der Waals surface area contributed by atoms with Gasteiger partial charge in [0.25, 0.3) is 5.91 Å². The van der Waals surface area contributed by atoms with Gasteiger partial charge in [0.1, 0.15) is 5.69 Å². The number of rotatable bonds is 2. The van der Waals surface area contributed by atoms with Gasteiger partial charge in [-0.25, -0.2) is 0 Å². The van der Waals surface area contributed by atoms with E-state index in [1.165, 1.54) is 0 Å². The molecular weight excluding hydrogens is 314 g/mol. The van der Waals surface area contributed by atoms with Crippen molar-refractivity contribution in [3.05, 3.63) is 35.0 Å². The zero-order valence-electron chi connectivity index (χ0n) is 13.3. The molecule has 1 aromatic heterocycles. The third-order valence-corrected chi connectivity index (χ3v) is 4.85. The Hall–Kier alpha value is -2.01. The van der Waals surface area contributed by atoms with Gasteiger partial charge in [-0.2, -0.15) is 0 Å². The fraction of sp³-hybridized carbons (Fsp3) is 0.412. The highest BCUT2D eigenvalue weighted by molar-refractivity contribution is 6.31. The molecule has 23 heavy (non-hydrogen) atoms. The topological polar surface area (TPSA) is 56.4 Å². The molecule has 1 aliphatic heterocycles. The van der Waals surface area contributed by atoms with Gasteiger partial charge in [0.15, 0.2) is 0 Å². The number of nitrogens with one attached hydrogen (secondary N) is 1. The first-order valence-electron chi connectivity index (χ1n) is 7.76. The molecule has 0 unspecified atom stereocenters. The predicted molar refractivity (Wildman–Crippen MR) is 90.7 cm³/mol. The molecule has 3 rings (SSSR count). The van der Waals surface area contributed by atoms with Gasteiger partial charge in [-0.3, -0.25) is 9.59 Å². The number of hydrogen-bond donors (Lipinski definition) is 1. The van der Waals surface area contributed by atoms with Gasteiger partial charge < -0.3 is 14.8 Å². The first-order chi connectivity index (χ1) is 11.0. The van der Waals surface area contributed by atoms with E-state index in [1.807, 2.05) is 36.2 Å². The molecule has 0 saturated carbocycles. The van der Waals surface area contributed by atoms with Gasteiger partial charge in [0, 0.05) is 49.0 Å². The molecule has 2 heterocycles. The quantitative estimate of drug-likeness (QED) is 0.918. The number of hydrogen-bond acceptors (Lipinski definition) is 2. The van der Waals surface area contributed by atoms with Crippen molar-refractivity contribution >= 4 is 34.3 Å². The maximum atomic E-state index is 12.6. The average molecular weight is 334 g/mol. The highest BCUT2D eigenvalue weighted by atomic mass is 35.5. The molecule has 2 amide bonds. The molecule has 122 valence electrons. The third kappa shape index (κ3) is 3.20. The molecule has 6 heteroatoms. The highest BCUT2D eigenvalue weighted by Crippen LogP contribution is 2.22. The van der Waals surface area contributed by atoms with Crippen LogP contribution in [0.4, 0.5) is 0 Å². The van der Waals surface area contributed by atoms with Gasteiger partial charge in [0.05, 0.1) is 0 Å².